The van der Waals surface area contributed by atoms with Gasteiger partial charge in [0.15, 0.2) is 0 Å². The summed E-state index contributed by atoms with van der Waals surface area (Å²) in [5, 5.41) is 3.45. The Morgan fingerprint density at radius 3 is 2.18 bits per heavy atom. The maximum absolute atomic E-state index is 3.45. The summed E-state index contributed by atoms with van der Waals surface area (Å²) in [4.78, 5) is 0. The third-order valence-corrected chi connectivity index (χ3v) is 3.61. The molecular formula is C16H27N. The van der Waals surface area contributed by atoms with Crippen LogP contribution in [-0.2, 0) is 6.42 Å². The molecule has 0 fully saturated rings. The highest BCUT2D eigenvalue weighted by atomic mass is 14.9. The summed E-state index contributed by atoms with van der Waals surface area (Å²) in [5.74, 6) is 0. The third-order valence-electron chi connectivity index (χ3n) is 3.61. The topological polar surface area (TPSA) is 12.0 Å². The van der Waals surface area contributed by atoms with E-state index in [0.29, 0.717) is 6.04 Å². The van der Waals surface area contributed by atoms with Gasteiger partial charge in [-0.2, -0.15) is 0 Å². The Morgan fingerprint density at radius 1 is 1.12 bits per heavy atom. The van der Waals surface area contributed by atoms with E-state index in [-0.39, 0.29) is 0 Å². The van der Waals surface area contributed by atoms with Crippen LogP contribution in [0.4, 0.5) is 0 Å². The van der Waals surface area contributed by atoms with Crippen LogP contribution in [-0.4, -0.2) is 13.1 Å². The number of unbranched alkanes of at least 4 members (excludes halogenated alkanes) is 1. The summed E-state index contributed by atoms with van der Waals surface area (Å²) in [6.07, 6.45) is 5.04. The van der Waals surface area contributed by atoms with E-state index in [1.807, 2.05) is 0 Å². The minimum absolute atomic E-state index is 0.620. The van der Waals surface area contributed by atoms with Crippen LogP contribution in [0.25, 0.3) is 0 Å². The molecule has 1 N–H and O–H groups in total. The first-order valence-corrected chi connectivity index (χ1v) is 6.82. The SMILES string of the molecule is CCCCC(Cc1c(C)cc(C)cc1C)NC. The van der Waals surface area contributed by atoms with Crippen molar-refractivity contribution >= 4 is 0 Å². The van der Waals surface area contributed by atoms with Gasteiger partial charge in [0.2, 0.25) is 0 Å². The fourth-order valence-corrected chi connectivity index (χ4v) is 2.58. The van der Waals surface area contributed by atoms with Gasteiger partial charge in [-0.3, -0.25) is 0 Å². The molecule has 0 aliphatic heterocycles. The predicted octanol–water partition coefficient (Wildman–Crippen LogP) is 3.93. The molecule has 0 saturated heterocycles. The van der Waals surface area contributed by atoms with Gasteiger partial charge in [-0.15, -0.1) is 0 Å². The lowest BCUT2D eigenvalue weighted by Crippen LogP contribution is -2.28. The second kappa shape index (κ2) is 6.80. The van der Waals surface area contributed by atoms with Gasteiger partial charge in [0, 0.05) is 6.04 Å². The summed E-state index contributed by atoms with van der Waals surface area (Å²) in [6.45, 7) is 8.91. The zero-order valence-electron chi connectivity index (χ0n) is 12.1. The average molecular weight is 233 g/mol. The number of rotatable bonds is 6. The quantitative estimate of drug-likeness (QED) is 0.785. The Balaban J connectivity index is 2.78. The number of benzene rings is 1. The molecule has 0 aromatic heterocycles. The molecule has 96 valence electrons. The van der Waals surface area contributed by atoms with Crippen LogP contribution < -0.4 is 5.32 Å². The minimum atomic E-state index is 0.620. The molecule has 0 saturated carbocycles. The number of aryl methyl sites for hydroxylation is 3. The molecule has 0 heterocycles. The van der Waals surface area contributed by atoms with E-state index in [2.05, 4.69) is 52.2 Å². The molecule has 0 bridgehead atoms. The molecule has 1 atom stereocenters. The minimum Gasteiger partial charge on any atom is -0.317 e. The van der Waals surface area contributed by atoms with Gasteiger partial charge < -0.3 is 5.32 Å². The van der Waals surface area contributed by atoms with Gasteiger partial charge in [0.05, 0.1) is 0 Å². The molecule has 0 radical (unpaired) electrons. The lowest BCUT2D eigenvalue weighted by Gasteiger charge is -2.19. The van der Waals surface area contributed by atoms with E-state index in [1.54, 1.807) is 0 Å². The summed E-state index contributed by atoms with van der Waals surface area (Å²) < 4.78 is 0. The van der Waals surface area contributed by atoms with Gasteiger partial charge in [0.25, 0.3) is 0 Å². The molecule has 1 heteroatoms. The van der Waals surface area contributed by atoms with Crippen molar-refractivity contribution in [2.24, 2.45) is 0 Å². The highest BCUT2D eigenvalue weighted by Gasteiger charge is 2.10. The zero-order valence-corrected chi connectivity index (χ0v) is 12.1. The Labute approximate surface area is 107 Å². The first-order chi connectivity index (χ1) is 8.08. The van der Waals surface area contributed by atoms with Gasteiger partial charge in [0.1, 0.15) is 0 Å². The van der Waals surface area contributed by atoms with Crippen molar-refractivity contribution in [2.75, 3.05) is 7.05 Å². The van der Waals surface area contributed by atoms with Crippen molar-refractivity contribution in [3.8, 4) is 0 Å². The fourth-order valence-electron chi connectivity index (χ4n) is 2.58. The standard InChI is InChI=1S/C16H27N/c1-6-7-8-15(17-5)11-16-13(3)9-12(2)10-14(16)4/h9-10,15,17H,6-8,11H2,1-5H3. The summed E-state index contributed by atoms with van der Waals surface area (Å²) >= 11 is 0. The van der Waals surface area contributed by atoms with Crippen molar-refractivity contribution < 1.29 is 0 Å². The fraction of sp³-hybridized carbons (Fsp3) is 0.625. The molecule has 1 aromatic rings. The molecule has 1 unspecified atom stereocenters. The summed E-state index contributed by atoms with van der Waals surface area (Å²) in [6, 6.07) is 5.22. The smallest absolute Gasteiger partial charge is 0.0105 e. The first kappa shape index (κ1) is 14.2. The molecule has 0 aliphatic rings. The van der Waals surface area contributed by atoms with E-state index in [1.165, 1.54) is 41.5 Å². The van der Waals surface area contributed by atoms with Gasteiger partial charge >= 0.3 is 0 Å². The Bertz CT molecular complexity index is 332. The van der Waals surface area contributed by atoms with Crippen molar-refractivity contribution in [1.29, 1.82) is 0 Å². The first-order valence-electron chi connectivity index (χ1n) is 6.82. The molecule has 0 amide bonds. The Kier molecular flexibility index (Phi) is 5.70. The zero-order chi connectivity index (χ0) is 12.8. The Morgan fingerprint density at radius 2 is 1.71 bits per heavy atom. The van der Waals surface area contributed by atoms with Crippen LogP contribution in [0.2, 0.25) is 0 Å². The van der Waals surface area contributed by atoms with Crippen LogP contribution in [0.1, 0.15) is 48.4 Å². The highest BCUT2D eigenvalue weighted by molar-refractivity contribution is 5.38. The molecule has 17 heavy (non-hydrogen) atoms. The van der Waals surface area contributed by atoms with Crippen molar-refractivity contribution in [3.63, 3.8) is 0 Å². The van der Waals surface area contributed by atoms with Gasteiger partial charge in [-0.05, 0) is 57.4 Å². The predicted molar refractivity (Wildman–Crippen MR) is 76.7 cm³/mol. The van der Waals surface area contributed by atoms with Crippen molar-refractivity contribution in [2.45, 2.75) is 59.4 Å². The highest BCUT2D eigenvalue weighted by Crippen LogP contribution is 2.19. The summed E-state index contributed by atoms with van der Waals surface area (Å²) in [5.41, 5.74) is 5.79. The number of hydrogen-bond donors (Lipinski definition) is 1. The second-order valence-electron chi connectivity index (χ2n) is 5.21. The van der Waals surface area contributed by atoms with Crippen LogP contribution >= 0.6 is 0 Å². The van der Waals surface area contributed by atoms with Crippen LogP contribution in [0, 0.1) is 20.8 Å². The van der Waals surface area contributed by atoms with E-state index in [4.69, 9.17) is 0 Å². The number of hydrogen-bond acceptors (Lipinski definition) is 1. The Hall–Kier alpha value is -0.820. The third kappa shape index (κ3) is 4.16. The average Bonchev–Trinajstić information content (AvgIpc) is 2.27. The van der Waals surface area contributed by atoms with Gasteiger partial charge in [-0.25, -0.2) is 0 Å². The van der Waals surface area contributed by atoms with E-state index < -0.39 is 0 Å². The van der Waals surface area contributed by atoms with E-state index in [9.17, 15) is 0 Å². The molecular weight excluding hydrogens is 206 g/mol. The van der Waals surface area contributed by atoms with Crippen LogP contribution in [0.3, 0.4) is 0 Å². The monoisotopic (exact) mass is 233 g/mol. The maximum atomic E-state index is 3.45. The second-order valence-corrected chi connectivity index (χ2v) is 5.21. The normalized spacial score (nSPS) is 12.8. The lowest BCUT2D eigenvalue weighted by molar-refractivity contribution is 0.497. The van der Waals surface area contributed by atoms with E-state index in [0.717, 1.165) is 6.42 Å². The van der Waals surface area contributed by atoms with E-state index >= 15 is 0 Å². The molecule has 1 aromatic carbocycles. The van der Waals surface area contributed by atoms with Crippen molar-refractivity contribution in [1.82, 2.24) is 5.32 Å². The molecule has 0 aliphatic carbocycles. The number of likely N-dealkylation sites (N-methyl/N-ethyl adjacent to an activating group) is 1. The largest absolute Gasteiger partial charge is 0.317 e. The maximum Gasteiger partial charge on any atom is 0.0105 e. The van der Waals surface area contributed by atoms with Gasteiger partial charge in [-0.1, -0.05) is 37.5 Å². The van der Waals surface area contributed by atoms with Crippen LogP contribution in [0.5, 0.6) is 0 Å². The molecule has 1 rings (SSSR count). The van der Waals surface area contributed by atoms with Crippen LogP contribution in [0.15, 0.2) is 12.1 Å². The summed E-state index contributed by atoms with van der Waals surface area (Å²) in [7, 11) is 2.08. The van der Waals surface area contributed by atoms with Crippen molar-refractivity contribution in [3.05, 3.63) is 34.4 Å². The lowest BCUT2D eigenvalue weighted by atomic mass is 9.93. The number of nitrogens with one attached hydrogen (secondary N) is 1. The molecule has 1 nitrogen and oxygen atoms in total. The molecule has 0 spiro atoms.